The van der Waals surface area contributed by atoms with Gasteiger partial charge in [-0.05, 0) is 28.4 Å². The van der Waals surface area contributed by atoms with E-state index in [2.05, 4.69) is 27.7 Å². The molecule has 1 aromatic carbocycles. The molecule has 1 saturated carbocycles. The van der Waals surface area contributed by atoms with Crippen LogP contribution >= 0.6 is 0 Å². The average Bonchev–Trinajstić information content (AvgIpc) is 2.61. The lowest BCUT2D eigenvalue weighted by atomic mass is 9.99. The van der Waals surface area contributed by atoms with Gasteiger partial charge >= 0.3 is 0 Å². The van der Waals surface area contributed by atoms with Crippen LogP contribution in [0.2, 0.25) is 0 Å². The van der Waals surface area contributed by atoms with Gasteiger partial charge in [0.1, 0.15) is 5.82 Å². The molecule has 17 heavy (non-hydrogen) atoms. The molecule has 0 aliphatic heterocycles. The normalized spacial score (nSPS) is 23.4. The number of hydrogen-bond donors (Lipinski definition) is 1. The second-order valence-electron chi connectivity index (χ2n) is 6.28. The summed E-state index contributed by atoms with van der Waals surface area (Å²) in [7, 11) is 0. The van der Waals surface area contributed by atoms with Crippen molar-refractivity contribution in [2.24, 2.45) is 16.7 Å². The summed E-state index contributed by atoms with van der Waals surface area (Å²) in [4.78, 5) is 0. The minimum atomic E-state index is -0.461. The van der Waals surface area contributed by atoms with Gasteiger partial charge in [-0.15, -0.1) is 0 Å². The fourth-order valence-corrected chi connectivity index (χ4v) is 3.22. The molecule has 0 saturated heterocycles. The summed E-state index contributed by atoms with van der Waals surface area (Å²) < 4.78 is 13.5. The number of rotatable bonds is 3. The van der Waals surface area contributed by atoms with Crippen molar-refractivity contribution in [3.8, 4) is 0 Å². The lowest BCUT2D eigenvalue weighted by Crippen LogP contribution is -2.18. The summed E-state index contributed by atoms with van der Waals surface area (Å²) in [6, 6.07) is 6.69. The van der Waals surface area contributed by atoms with Crippen molar-refractivity contribution in [3.05, 3.63) is 35.6 Å². The fraction of sp³-hybridized carbons (Fsp3) is 0.600. The summed E-state index contributed by atoms with van der Waals surface area (Å²) in [5.41, 5.74) is 0.883. The minimum Gasteiger partial charge on any atom is -0.392 e. The molecule has 94 valence electrons. The van der Waals surface area contributed by atoms with Crippen LogP contribution in [0.3, 0.4) is 0 Å². The van der Waals surface area contributed by atoms with Crippen molar-refractivity contribution >= 4 is 0 Å². The van der Waals surface area contributed by atoms with Gasteiger partial charge in [0.05, 0.1) is 6.10 Å². The Morgan fingerprint density at radius 3 is 2.18 bits per heavy atom. The summed E-state index contributed by atoms with van der Waals surface area (Å²) in [6.07, 6.45) is -0.0543. The Bertz CT molecular complexity index is 409. The molecular formula is C15H21FO. The molecule has 0 radical (unpaired) electrons. The molecule has 2 heteroatoms. The smallest absolute Gasteiger partial charge is 0.126 e. The van der Waals surface area contributed by atoms with Crippen molar-refractivity contribution in [1.29, 1.82) is 0 Å². The fourth-order valence-electron chi connectivity index (χ4n) is 3.22. The molecule has 2 rings (SSSR count). The molecule has 0 bridgehead atoms. The number of hydrogen-bond acceptors (Lipinski definition) is 1. The monoisotopic (exact) mass is 236 g/mol. The zero-order valence-corrected chi connectivity index (χ0v) is 11.0. The first-order chi connectivity index (χ1) is 7.78. The van der Waals surface area contributed by atoms with E-state index in [0.717, 1.165) is 0 Å². The van der Waals surface area contributed by atoms with E-state index in [4.69, 9.17) is 0 Å². The van der Waals surface area contributed by atoms with Crippen molar-refractivity contribution in [2.75, 3.05) is 0 Å². The lowest BCUT2D eigenvalue weighted by Gasteiger charge is -2.13. The van der Waals surface area contributed by atoms with Crippen LogP contribution < -0.4 is 0 Å². The molecule has 1 nitrogen and oxygen atoms in total. The number of benzene rings is 1. The third-order valence-electron chi connectivity index (χ3n) is 4.90. The summed E-state index contributed by atoms with van der Waals surface area (Å²) >= 11 is 0. The zero-order chi connectivity index (χ0) is 12.8. The van der Waals surface area contributed by atoms with Gasteiger partial charge in [-0.3, -0.25) is 0 Å². The van der Waals surface area contributed by atoms with Gasteiger partial charge in [0, 0.05) is 6.42 Å². The average molecular weight is 236 g/mol. The Morgan fingerprint density at radius 1 is 1.18 bits per heavy atom. The number of halogens is 1. The van der Waals surface area contributed by atoms with E-state index in [1.165, 1.54) is 6.07 Å². The third-order valence-corrected chi connectivity index (χ3v) is 4.90. The Morgan fingerprint density at radius 2 is 1.71 bits per heavy atom. The Balaban J connectivity index is 2.10. The first kappa shape index (κ1) is 12.6. The SMILES string of the molecule is CC1(C)C(C(O)Cc2ccccc2F)C1(C)C. The quantitative estimate of drug-likeness (QED) is 0.852. The van der Waals surface area contributed by atoms with E-state index >= 15 is 0 Å². The van der Waals surface area contributed by atoms with Crippen molar-refractivity contribution in [2.45, 2.75) is 40.2 Å². The molecule has 0 heterocycles. The maximum Gasteiger partial charge on any atom is 0.126 e. The molecule has 0 spiro atoms. The predicted octanol–water partition coefficient (Wildman–Crippen LogP) is 3.41. The maximum absolute atomic E-state index is 13.5. The van der Waals surface area contributed by atoms with E-state index in [1.54, 1.807) is 12.1 Å². The zero-order valence-electron chi connectivity index (χ0n) is 11.0. The summed E-state index contributed by atoms with van der Waals surface area (Å²) in [5.74, 6) is 0.0254. The first-order valence-electron chi connectivity index (χ1n) is 6.20. The van der Waals surface area contributed by atoms with Crippen molar-refractivity contribution in [1.82, 2.24) is 0 Å². The molecule has 0 amide bonds. The maximum atomic E-state index is 13.5. The topological polar surface area (TPSA) is 20.2 Å². The molecule has 1 atom stereocenters. The van der Waals surface area contributed by atoms with Crippen LogP contribution in [-0.2, 0) is 6.42 Å². The van der Waals surface area contributed by atoms with Crippen LogP contribution in [0.5, 0.6) is 0 Å². The van der Waals surface area contributed by atoms with Gasteiger partial charge in [0.15, 0.2) is 0 Å². The Labute approximate surface area is 103 Å². The summed E-state index contributed by atoms with van der Waals surface area (Å²) in [6.45, 7) is 8.68. The van der Waals surface area contributed by atoms with Crippen molar-refractivity contribution < 1.29 is 9.50 Å². The standard InChI is InChI=1S/C15H21FO/c1-14(2)13(15(14,3)4)12(17)9-10-7-5-6-8-11(10)16/h5-8,12-13,17H,9H2,1-4H3. The highest BCUT2D eigenvalue weighted by Crippen LogP contribution is 2.69. The molecular weight excluding hydrogens is 215 g/mol. The van der Waals surface area contributed by atoms with Crippen LogP contribution in [0.15, 0.2) is 24.3 Å². The second kappa shape index (κ2) is 3.81. The van der Waals surface area contributed by atoms with E-state index in [-0.39, 0.29) is 22.6 Å². The second-order valence-corrected chi connectivity index (χ2v) is 6.28. The Hall–Kier alpha value is -0.890. The highest BCUT2D eigenvalue weighted by atomic mass is 19.1. The number of aliphatic hydroxyl groups is 1. The van der Waals surface area contributed by atoms with Crippen molar-refractivity contribution in [3.63, 3.8) is 0 Å². The highest BCUT2D eigenvalue weighted by Gasteiger charge is 2.66. The van der Waals surface area contributed by atoms with Crippen LogP contribution in [0.4, 0.5) is 4.39 Å². The molecule has 1 aliphatic rings. The first-order valence-corrected chi connectivity index (χ1v) is 6.20. The predicted molar refractivity (Wildman–Crippen MR) is 67.2 cm³/mol. The molecule has 1 fully saturated rings. The molecule has 0 aromatic heterocycles. The highest BCUT2D eigenvalue weighted by molar-refractivity contribution is 5.21. The van der Waals surface area contributed by atoms with Gasteiger partial charge in [-0.25, -0.2) is 4.39 Å². The van der Waals surface area contributed by atoms with Gasteiger partial charge < -0.3 is 5.11 Å². The van der Waals surface area contributed by atoms with Gasteiger partial charge in [0.2, 0.25) is 0 Å². The molecule has 1 unspecified atom stereocenters. The third kappa shape index (κ3) is 1.89. The van der Waals surface area contributed by atoms with E-state index in [0.29, 0.717) is 12.0 Å². The summed E-state index contributed by atoms with van der Waals surface area (Å²) in [5, 5.41) is 10.3. The van der Waals surface area contributed by atoms with Crippen LogP contribution in [0, 0.1) is 22.6 Å². The van der Waals surface area contributed by atoms with Gasteiger partial charge in [0.25, 0.3) is 0 Å². The number of aliphatic hydroxyl groups excluding tert-OH is 1. The van der Waals surface area contributed by atoms with Crippen LogP contribution in [-0.4, -0.2) is 11.2 Å². The molecule has 1 aliphatic carbocycles. The largest absolute Gasteiger partial charge is 0.392 e. The Kier molecular flexibility index (Phi) is 2.81. The van der Waals surface area contributed by atoms with Gasteiger partial charge in [-0.2, -0.15) is 0 Å². The van der Waals surface area contributed by atoms with E-state index in [1.807, 2.05) is 6.07 Å². The molecule has 1 aromatic rings. The molecule has 1 N–H and O–H groups in total. The lowest BCUT2D eigenvalue weighted by molar-refractivity contribution is 0.128. The van der Waals surface area contributed by atoms with Crippen LogP contribution in [0.1, 0.15) is 33.3 Å². The van der Waals surface area contributed by atoms with E-state index < -0.39 is 6.10 Å². The minimum absolute atomic E-state index is 0.137. The van der Waals surface area contributed by atoms with Gasteiger partial charge in [-0.1, -0.05) is 45.9 Å². The van der Waals surface area contributed by atoms with Crippen LogP contribution in [0.25, 0.3) is 0 Å². The van der Waals surface area contributed by atoms with E-state index in [9.17, 15) is 9.50 Å².